The molecule has 0 N–H and O–H groups in total. The van der Waals surface area contributed by atoms with Crippen LogP contribution >= 0.6 is 34.8 Å². The van der Waals surface area contributed by atoms with Gasteiger partial charge in [0.2, 0.25) is 0 Å². The van der Waals surface area contributed by atoms with E-state index in [9.17, 15) is 13.2 Å². The van der Waals surface area contributed by atoms with Crippen LogP contribution in [0.25, 0.3) is 11.1 Å². The molecule has 2 rings (SSSR count). The number of halogens is 6. The Morgan fingerprint density at radius 3 is 2.16 bits per heavy atom. The van der Waals surface area contributed by atoms with Gasteiger partial charge in [-0.3, -0.25) is 0 Å². The zero-order valence-electron chi connectivity index (χ0n) is 9.23. The molecule has 0 unspecified atom stereocenters. The molecule has 0 aromatic heterocycles. The molecule has 0 saturated heterocycles. The standard InChI is InChI=1S/C13H6Cl3F3/c14-7-4-5-10(15)8(6-7)12-9(13(17,18)19)2-1-3-11(12)16/h1-6H. The summed E-state index contributed by atoms with van der Waals surface area (Å²) >= 11 is 17.6. The highest BCUT2D eigenvalue weighted by molar-refractivity contribution is 6.37. The van der Waals surface area contributed by atoms with Crippen LogP contribution in [0.2, 0.25) is 15.1 Å². The zero-order chi connectivity index (χ0) is 14.2. The third kappa shape index (κ3) is 2.99. The Kier molecular flexibility index (Phi) is 4.00. The molecule has 2 aromatic carbocycles. The van der Waals surface area contributed by atoms with Crippen LogP contribution in [-0.4, -0.2) is 0 Å². The smallest absolute Gasteiger partial charge is 0.166 e. The van der Waals surface area contributed by atoms with Crippen molar-refractivity contribution in [1.29, 1.82) is 0 Å². The van der Waals surface area contributed by atoms with Crippen molar-refractivity contribution in [3.05, 3.63) is 57.0 Å². The molecular weight excluding hydrogens is 319 g/mol. The summed E-state index contributed by atoms with van der Waals surface area (Å²) in [4.78, 5) is 0. The van der Waals surface area contributed by atoms with Gasteiger partial charge in [0.05, 0.1) is 5.56 Å². The summed E-state index contributed by atoms with van der Waals surface area (Å²) in [6.45, 7) is 0. The molecular formula is C13H6Cl3F3. The van der Waals surface area contributed by atoms with E-state index in [4.69, 9.17) is 34.8 Å². The molecule has 0 heterocycles. The molecule has 0 radical (unpaired) electrons. The minimum Gasteiger partial charge on any atom is -0.166 e. The van der Waals surface area contributed by atoms with E-state index >= 15 is 0 Å². The third-order valence-corrected chi connectivity index (χ3v) is 3.40. The van der Waals surface area contributed by atoms with Crippen LogP contribution in [-0.2, 0) is 6.18 Å². The van der Waals surface area contributed by atoms with Crippen molar-refractivity contribution >= 4 is 34.8 Å². The monoisotopic (exact) mass is 324 g/mol. The van der Waals surface area contributed by atoms with Crippen LogP contribution in [0.5, 0.6) is 0 Å². The van der Waals surface area contributed by atoms with Gasteiger partial charge >= 0.3 is 6.18 Å². The number of hydrogen-bond acceptors (Lipinski definition) is 0. The second-order valence-corrected chi connectivity index (χ2v) is 5.04. The first-order valence-electron chi connectivity index (χ1n) is 5.12. The van der Waals surface area contributed by atoms with Gasteiger partial charge in [0.15, 0.2) is 0 Å². The lowest BCUT2D eigenvalue weighted by Gasteiger charge is -2.15. The van der Waals surface area contributed by atoms with Crippen LogP contribution in [0.3, 0.4) is 0 Å². The lowest BCUT2D eigenvalue weighted by atomic mass is 9.99. The van der Waals surface area contributed by atoms with E-state index in [-0.39, 0.29) is 26.2 Å². The van der Waals surface area contributed by atoms with Gasteiger partial charge < -0.3 is 0 Å². The van der Waals surface area contributed by atoms with E-state index in [1.807, 2.05) is 0 Å². The van der Waals surface area contributed by atoms with E-state index in [0.29, 0.717) is 0 Å². The van der Waals surface area contributed by atoms with Crippen molar-refractivity contribution in [3.8, 4) is 11.1 Å². The van der Waals surface area contributed by atoms with E-state index in [1.54, 1.807) is 0 Å². The average molecular weight is 326 g/mol. The fourth-order valence-electron chi connectivity index (χ4n) is 1.72. The molecule has 0 aliphatic rings. The maximum atomic E-state index is 13.0. The minimum absolute atomic E-state index is 0.0287. The van der Waals surface area contributed by atoms with E-state index in [2.05, 4.69) is 0 Å². The second-order valence-electron chi connectivity index (χ2n) is 3.78. The Morgan fingerprint density at radius 2 is 1.53 bits per heavy atom. The maximum Gasteiger partial charge on any atom is 0.417 e. The Bertz CT molecular complexity index is 621. The lowest BCUT2D eigenvalue weighted by Crippen LogP contribution is -2.07. The molecule has 0 nitrogen and oxygen atoms in total. The van der Waals surface area contributed by atoms with Gasteiger partial charge in [0, 0.05) is 26.2 Å². The third-order valence-electron chi connectivity index (χ3n) is 2.52. The first kappa shape index (κ1) is 14.5. The molecule has 19 heavy (non-hydrogen) atoms. The zero-order valence-corrected chi connectivity index (χ0v) is 11.5. The fraction of sp³-hybridized carbons (Fsp3) is 0.0769. The molecule has 6 heteroatoms. The molecule has 0 amide bonds. The number of rotatable bonds is 1. The van der Waals surface area contributed by atoms with E-state index in [0.717, 1.165) is 6.07 Å². The largest absolute Gasteiger partial charge is 0.417 e. The van der Waals surface area contributed by atoms with Crippen molar-refractivity contribution in [1.82, 2.24) is 0 Å². The first-order chi connectivity index (χ1) is 8.80. The molecule has 0 aliphatic carbocycles. The van der Waals surface area contributed by atoms with Gasteiger partial charge in [-0.05, 0) is 30.3 Å². The van der Waals surface area contributed by atoms with Gasteiger partial charge in [-0.15, -0.1) is 0 Å². The predicted molar refractivity (Wildman–Crippen MR) is 71.9 cm³/mol. The SMILES string of the molecule is FC(F)(F)c1cccc(Cl)c1-c1cc(Cl)ccc1Cl. The Balaban J connectivity index is 2.78. The fourth-order valence-corrected chi connectivity index (χ4v) is 2.38. The highest BCUT2D eigenvalue weighted by Gasteiger charge is 2.35. The summed E-state index contributed by atoms with van der Waals surface area (Å²) < 4.78 is 39.0. The Hall–Kier alpha value is -0.900. The Morgan fingerprint density at radius 1 is 0.842 bits per heavy atom. The number of alkyl halides is 3. The van der Waals surface area contributed by atoms with Gasteiger partial charge in [-0.25, -0.2) is 0 Å². The van der Waals surface area contributed by atoms with Crippen molar-refractivity contribution in [2.24, 2.45) is 0 Å². The van der Waals surface area contributed by atoms with Crippen LogP contribution < -0.4 is 0 Å². The normalized spacial score (nSPS) is 11.7. The highest BCUT2D eigenvalue weighted by Crippen LogP contribution is 2.43. The first-order valence-corrected chi connectivity index (χ1v) is 6.25. The maximum absolute atomic E-state index is 13.0. The van der Waals surface area contributed by atoms with Crippen molar-refractivity contribution in [3.63, 3.8) is 0 Å². The van der Waals surface area contributed by atoms with E-state index in [1.165, 1.54) is 30.3 Å². The lowest BCUT2D eigenvalue weighted by molar-refractivity contribution is -0.137. The van der Waals surface area contributed by atoms with Crippen LogP contribution in [0.1, 0.15) is 5.56 Å². The summed E-state index contributed by atoms with van der Waals surface area (Å²) in [6.07, 6.45) is -4.52. The van der Waals surface area contributed by atoms with Gasteiger partial charge in [0.1, 0.15) is 0 Å². The minimum atomic E-state index is -4.52. The molecule has 0 atom stereocenters. The topological polar surface area (TPSA) is 0 Å². The summed E-state index contributed by atoms with van der Waals surface area (Å²) in [7, 11) is 0. The summed E-state index contributed by atoms with van der Waals surface area (Å²) in [6, 6.07) is 7.87. The number of hydrogen-bond donors (Lipinski definition) is 0. The van der Waals surface area contributed by atoms with Crippen molar-refractivity contribution in [2.75, 3.05) is 0 Å². The quantitative estimate of drug-likeness (QED) is 0.574. The van der Waals surface area contributed by atoms with Crippen LogP contribution in [0, 0.1) is 0 Å². The summed E-state index contributed by atoms with van der Waals surface area (Å²) in [5.41, 5.74) is -0.847. The summed E-state index contributed by atoms with van der Waals surface area (Å²) in [5, 5.41) is 0.412. The van der Waals surface area contributed by atoms with Crippen molar-refractivity contribution in [2.45, 2.75) is 6.18 Å². The molecule has 2 aromatic rings. The molecule has 0 saturated carbocycles. The van der Waals surface area contributed by atoms with Crippen LogP contribution in [0.15, 0.2) is 36.4 Å². The number of benzene rings is 2. The molecule has 0 spiro atoms. The molecule has 0 fully saturated rings. The molecule has 100 valence electrons. The average Bonchev–Trinajstić information content (AvgIpc) is 2.31. The summed E-state index contributed by atoms with van der Waals surface area (Å²) in [5.74, 6) is 0. The van der Waals surface area contributed by atoms with E-state index < -0.39 is 11.7 Å². The Labute approximate surface area is 122 Å². The second kappa shape index (κ2) is 5.23. The van der Waals surface area contributed by atoms with Gasteiger partial charge in [0.25, 0.3) is 0 Å². The van der Waals surface area contributed by atoms with Gasteiger partial charge in [-0.2, -0.15) is 13.2 Å². The predicted octanol–water partition coefficient (Wildman–Crippen LogP) is 6.33. The van der Waals surface area contributed by atoms with Crippen LogP contribution in [0.4, 0.5) is 13.2 Å². The van der Waals surface area contributed by atoms with Crippen molar-refractivity contribution < 1.29 is 13.2 Å². The van der Waals surface area contributed by atoms with Gasteiger partial charge in [-0.1, -0.05) is 40.9 Å². The highest BCUT2D eigenvalue weighted by atomic mass is 35.5. The molecule has 0 bridgehead atoms. The molecule has 0 aliphatic heterocycles.